The molecule has 0 aliphatic heterocycles. The molecule has 14 heavy (non-hydrogen) atoms. The van der Waals surface area contributed by atoms with Gasteiger partial charge in [-0.1, -0.05) is 25.6 Å². The van der Waals surface area contributed by atoms with E-state index in [-0.39, 0.29) is 0 Å². The van der Waals surface area contributed by atoms with E-state index in [1.807, 2.05) is 13.0 Å². The van der Waals surface area contributed by atoms with Crippen molar-refractivity contribution >= 4 is 6.29 Å². The van der Waals surface area contributed by atoms with Gasteiger partial charge in [0.15, 0.2) is 0 Å². The third-order valence-corrected chi connectivity index (χ3v) is 1.94. The third kappa shape index (κ3) is 3.05. The van der Waals surface area contributed by atoms with Crippen LogP contribution in [0.2, 0.25) is 0 Å². The first-order valence-corrected chi connectivity index (χ1v) is 4.61. The van der Waals surface area contributed by atoms with Crippen molar-refractivity contribution in [2.75, 3.05) is 6.61 Å². The molecule has 2 heteroatoms. The van der Waals surface area contributed by atoms with E-state index in [9.17, 15) is 4.79 Å². The topological polar surface area (TPSA) is 26.3 Å². The van der Waals surface area contributed by atoms with Gasteiger partial charge >= 0.3 is 0 Å². The molecular formula is C12H14O2. The van der Waals surface area contributed by atoms with Crippen LogP contribution in [0.1, 0.15) is 23.7 Å². The molecule has 1 rings (SSSR count). The largest absolute Gasteiger partial charge is 0.489 e. The van der Waals surface area contributed by atoms with Gasteiger partial charge in [-0.3, -0.25) is 4.79 Å². The molecule has 0 saturated heterocycles. The van der Waals surface area contributed by atoms with Gasteiger partial charge in [-0.05, 0) is 24.1 Å². The summed E-state index contributed by atoms with van der Waals surface area (Å²) in [6.45, 7) is 6.38. The predicted octanol–water partition coefficient (Wildman–Crippen LogP) is 2.84. The lowest BCUT2D eigenvalue weighted by atomic mass is 10.2. The molecule has 0 heterocycles. The molecular weight excluding hydrogens is 176 g/mol. The first-order valence-electron chi connectivity index (χ1n) is 4.61. The highest BCUT2D eigenvalue weighted by Gasteiger charge is 1.96. The summed E-state index contributed by atoms with van der Waals surface area (Å²) in [5.74, 6) is 0.712. The van der Waals surface area contributed by atoms with Crippen molar-refractivity contribution in [2.45, 2.75) is 13.3 Å². The lowest BCUT2D eigenvalue weighted by Crippen LogP contribution is -1.99. The second kappa shape index (κ2) is 5.22. The first kappa shape index (κ1) is 10.5. The minimum atomic E-state index is 0.513. The quantitative estimate of drug-likeness (QED) is 0.527. The van der Waals surface area contributed by atoms with Crippen molar-refractivity contribution in [3.63, 3.8) is 0 Å². The standard InChI is InChI=1S/C12H14O2/c1-3-10(2)9-14-12-6-4-5-11(7-12)8-13/h4-8H,2-3,9H2,1H3. The van der Waals surface area contributed by atoms with Gasteiger partial charge in [0.2, 0.25) is 0 Å². The number of carbonyl (C=O) groups is 1. The Morgan fingerprint density at radius 3 is 3.00 bits per heavy atom. The third-order valence-electron chi connectivity index (χ3n) is 1.94. The molecule has 0 aliphatic rings. The maximum absolute atomic E-state index is 10.5. The fourth-order valence-corrected chi connectivity index (χ4v) is 0.965. The van der Waals surface area contributed by atoms with Crippen LogP contribution in [-0.2, 0) is 0 Å². The van der Waals surface area contributed by atoms with Crippen LogP contribution in [-0.4, -0.2) is 12.9 Å². The second-order valence-corrected chi connectivity index (χ2v) is 3.08. The van der Waals surface area contributed by atoms with Crippen LogP contribution in [0.5, 0.6) is 5.75 Å². The molecule has 0 fully saturated rings. The van der Waals surface area contributed by atoms with Crippen molar-refractivity contribution in [3.05, 3.63) is 42.0 Å². The fraction of sp³-hybridized carbons (Fsp3) is 0.250. The van der Waals surface area contributed by atoms with Gasteiger partial charge in [0.05, 0.1) is 0 Å². The molecule has 0 spiro atoms. The molecule has 0 N–H and O–H groups in total. The number of aldehydes is 1. The molecule has 2 nitrogen and oxygen atoms in total. The normalized spacial score (nSPS) is 9.50. The summed E-state index contributed by atoms with van der Waals surface area (Å²) in [7, 11) is 0. The molecule has 74 valence electrons. The van der Waals surface area contributed by atoms with E-state index in [2.05, 4.69) is 6.58 Å². The Hall–Kier alpha value is -1.57. The highest BCUT2D eigenvalue weighted by Crippen LogP contribution is 2.13. The van der Waals surface area contributed by atoms with Crippen molar-refractivity contribution in [1.29, 1.82) is 0 Å². The number of hydrogen-bond donors (Lipinski definition) is 0. The maximum atomic E-state index is 10.5. The molecule has 0 atom stereocenters. The van der Waals surface area contributed by atoms with E-state index >= 15 is 0 Å². The summed E-state index contributed by atoms with van der Waals surface area (Å²) in [6.07, 6.45) is 1.72. The van der Waals surface area contributed by atoms with Gasteiger partial charge in [0, 0.05) is 5.56 Å². The van der Waals surface area contributed by atoms with E-state index in [1.165, 1.54) is 0 Å². The van der Waals surface area contributed by atoms with Gasteiger partial charge in [-0.2, -0.15) is 0 Å². The lowest BCUT2D eigenvalue weighted by molar-refractivity contribution is 0.112. The summed E-state index contributed by atoms with van der Waals surface area (Å²) in [5, 5.41) is 0. The zero-order valence-electron chi connectivity index (χ0n) is 8.32. The van der Waals surface area contributed by atoms with Crippen LogP contribution >= 0.6 is 0 Å². The van der Waals surface area contributed by atoms with Gasteiger partial charge in [-0.25, -0.2) is 0 Å². The second-order valence-electron chi connectivity index (χ2n) is 3.08. The molecule has 1 aromatic rings. The van der Waals surface area contributed by atoms with Gasteiger partial charge in [0.1, 0.15) is 18.6 Å². The molecule has 0 bridgehead atoms. The van der Waals surface area contributed by atoms with Crippen LogP contribution in [0, 0.1) is 0 Å². The van der Waals surface area contributed by atoms with E-state index < -0.39 is 0 Å². The van der Waals surface area contributed by atoms with E-state index in [0.717, 1.165) is 18.3 Å². The van der Waals surface area contributed by atoms with Gasteiger partial charge < -0.3 is 4.74 Å². The number of hydrogen-bond acceptors (Lipinski definition) is 2. The van der Waals surface area contributed by atoms with E-state index in [1.54, 1.807) is 18.2 Å². The summed E-state index contributed by atoms with van der Waals surface area (Å²) < 4.78 is 5.44. The number of carbonyl (C=O) groups excluding carboxylic acids is 1. The van der Waals surface area contributed by atoms with Crippen molar-refractivity contribution in [1.82, 2.24) is 0 Å². The minimum absolute atomic E-state index is 0.513. The Balaban J connectivity index is 2.58. The van der Waals surface area contributed by atoms with Gasteiger partial charge in [-0.15, -0.1) is 0 Å². The Morgan fingerprint density at radius 1 is 1.57 bits per heavy atom. The Kier molecular flexibility index (Phi) is 3.92. The monoisotopic (exact) mass is 190 g/mol. The van der Waals surface area contributed by atoms with Crippen LogP contribution in [0.4, 0.5) is 0 Å². The number of rotatable bonds is 5. The predicted molar refractivity (Wildman–Crippen MR) is 56.8 cm³/mol. The Bertz CT molecular complexity index is 329. The highest BCUT2D eigenvalue weighted by molar-refractivity contribution is 5.75. The molecule has 1 aromatic carbocycles. The van der Waals surface area contributed by atoms with Crippen LogP contribution in [0.25, 0.3) is 0 Å². The van der Waals surface area contributed by atoms with Crippen molar-refractivity contribution in [3.8, 4) is 5.75 Å². The van der Waals surface area contributed by atoms with Crippen LogP contribution in [0.3, 0.4) is 0 Å². The molecule has 0 unspecified atom stereocenters. The molecule has 0 radical (unpaired) electrons. The minimum Gasteiger partial charge on any atom is -0.489 e. The number of benzene rings is 1. The summed E-state index contributed by atoms with van der Waals surface area (Å²) in [6, 6.07) is 7.09. The number of ether oxygens (including phenoxy) is 1. The molecule has 0 aromatic heterocycles. The fourth-order valence-electron chi connectivity index (χ4n) is 0.965. The van der Waals surface area contributed by atoms with Gasteiger partial charge in [0.25, 0.3) is 0 Å². The molecule has 0 aliphatic carbocycles. The zero-order chi connectivity index (χ0) is 10.4. The summed E-state index contributed by atoms with van der Waals surface area (Å²) in [4.78, 5) is 10.5. The summed E-state index contributed by atoms with van der Waals surface area (Å²) >= 11 is 0. The molecule has 0 saturated carbocycles. The zero-order valence-corrected chi connectivity index (χ0v) is 8.32. The van der Waals surface area contributed by atoms with Crippen molar-refractivity contribution < 1.29 is 9.53 Å². The average Bonchev–Trinajstić information content (AvgIpc) is 2.26. The average molecular weight is 190 g/mol. The maximum Gasteiger partial charge on any atom is 0.150 e. The Labute approximate surface area is 84.2 Å². The van der Waals surface area contributed by atoms with Crippen LogP contribution in [0.15, 0.2) is 36.4 Å². The van der Waals surface area contributed by atoms with E-state index in [4.69, 9.17) is 4.74 Å². The Morgan fingerprint density at radius 2 is 2.36 bits per heavy atom. The van der Waals surface area contributed by atoms with E-state index in [0.29, 0.717) is 17.9 Å². The first-order chi connectivity index (χ1) is 6.76. The SMILES string of the molecule is C=C(CC)COc1cccc(C=O)c1. The summed E-state index contributed by atoms with van der Waals surface area (Å²) in [5.41, 5.74) is 1.67. The smallest absolute Gasteiger partial charge is 0.150 e. The van der Waals surface area contributed by atoms with Crippen molar-refractivity contribution in [2.24, 2.45) is 0 Å². The van der Waals surface area contributed by atoms with Crippen LogP contribution < -0.4 is 4.74 Å². The lowest BCUT2D eigenvalue weighted by Gasteiger charge is -2.06. The molecule has 0 amide bonds. The highest BCUT2D eigenvalue weighted by atomic mass is 16.5.